The van der Waals surface area contributed by atoms with Gasteiger partial charge in [-0.3, -0.25) is 0 Å². The van der Waals surface area contributed by atoms with Crippen LogP contribution in [0.4, 0.5) is 0 Å². The van der Waals surface area contributed by atoms with E-state index in [1.54, 1.807) is 6.08 Å². The highest BCUT2D eigenvalue weighted by atomic mass is 16.9. The highest BCUT2D eigenvalue weighted by molar-refractivity contribution is 4.98. The van der Waals surface area contributed by atoms with Crippen LogP contribution in [0.2, 0.25) is 0 Å². The summed E-state index contributed by atoms with van der Waals surface area (Å²) in [6.07, 6.45) is 2.99. The topological polar surface area (TPSA) is 36.9 Å². The van der Waals surface area contributed by atoms with Crippen LogP contribution in [0.15, 0.2) is 12.3 Å². The molecule has 1 unspecified atom stereocenters. The van der Waals surface area contributed by atoms with Crippen LogP contribution in [0.5, 0.6) is 0 Å². The van der Waals surface area contributed by atoms with Gasteiger partial charge in [-0.2, -0.15) is 0 Å². The molecule has 70 valence electrons. The van der Waals surface area contributed by atoms with Crippen molar-refractivity contribution in [3.05, 3.63) is 12.3 Å². The summed E-state index contributed by atoms with van der Waals surface area (Å²) in [4.78, 5) is 0. The van der Waals surface area contributed by atoms with E-state index in [0.29, 0.717) is 6.61 Å². The lowest BCUT2D eigenvalue weighted by atomic mass is 10.3. The minimum atomic E-state index is -1.09. The summed E-state index contributed by atoms with van der Waals surface area (Å²) in [5, 5.41) is 0. The van der Waals surface area contributed by atoms with Crippen LogP contribution in [-0.2, 0) is 18.9 Å². The first kappa shape index (κ1) is 9.51. The fourth-order valence-electron chi connectivity index (χ4n) is 1.14. The SMILES string of the molecule is CCOC1C=COC1(OC)OC. The largest absolute Gasteiger partial charge is 0.445 e. The van der Waals surface area contributed by atoms with Gasteiger partial charge in [0.25, 0.3) is 0 Å². The Bertz CT molecular complexity index is 162. The highest BCUT2D eigenvalue weighted by Gasteiger charge is 2.44. The normalized spacial score (nSPS) is 25.8. The van der Waals surface area contributed by atoms with Gasteiger partial charge in [0.2, 0.25) is 0 Å². The van der Waals surface area contributed by atoms with Crippen molar-refractivity contribution in [3.8, 4) is 0 Å². The van der Waals surface area contributed by atoms with Crippen molar-refractivity contribution in [2.24, 2.45) is 0 Å². The molecule has 0 saturated carbocycles. The van der Waals surface area contributed by atoms with Gasteiger partial charge in [-0.05, 0) is 13.0 Å². The first-order valence-corrected chi connectivity index (χ1v) is 3.85. The highest BCUT2D eigenvalue weighted by Crippen LogP contribution is 2.27. The smallest absolute Gasteiger partial charge is 0.357 e. The average molecular weight is 174 g/mol. The predicted octanol–water partition coefficient (Wildman–Crippen LogP) is 0.882. The predicted molar refractivity (Wildman–Crippen MR) is 42.4 cm³/mol. The zero-order valence-electron chi connectivity index (χ0n) is 7.57. The number of rotatable bonds is 4. The molecule has 1 aliphatic heterocycles. The Morgan fingerprint density at radius 3 is 2.58 bits per heavy atom. The number of methoxy groups -OCH3 is 2. The number of ether oxygens (including phenoxy) is 4. The maximum atomic E-state index is 5.34. The van der Waals surface area contributed by atoms with E-state index in [-0.39, 0.29) is 6.10 Å². The molecule has 12 heavy (non-hydrogen) atoms. The van der Waals surface area contributed by atoms with Crippen LogP contribution in [0.1, 0.15) is 6.92 Å². The van der Waals surface area contributed by atoms with Crippen molar-refractivity contribution >= 4 is 0 Å². The first-order chi connectivity index (χ1) is 5.79. The lowest BCUT2D eigenvalue weighted by Crippen LogP contribution is -2.44. The maximum absolute atomic E-state index is 5.34. The van der Waals surface area contributed by atoms with Gasteiger partial charge in [0.15, 0.2) is 6.10 Å². The molecule has 1 atom stereocenters. The minimum Gasteiger partial charge on any atom is -0.445 e. The fourth-order valence-corrected chi connectivity index (χ4v) is 1.14. The molecular weight excluding hydrogens is 160 g/mol. The Hall–Kier alpha value is -0.580. The van der Waals surface area contributed by atoms with Crippen molar-refractivity contribution in [1.29, 1.82) is 0 Å². The Morgan fingerprint density at radius 2 is 2.08 bits per heavy atom. The van der Waals surface area contributed by atoms with E-state index in [1.165, 1.54) is 20.5 Å². The minimum absolute atomic E-state index is 0.294. The monoisotopic (exact) mass is 174 g/mol. The first-order valence-electron chi connectivity index (χ1n) is 3.85. The average Bonchev–Trinajstić information content (AvgIpc) is 2.50. The lowest BCUT2D eigenvalue weighted by Gasteiger charge is -2.29. The summed E-state index contributed by atoms with van der Waals surface area (Å²) in [7, 11) is 3.03. The standard InChI is InChI=1S/C8H14O4/c1-4-11-7-5-6-12-8(7,9-2)10-3/h5-7H,4H2,1-3H3. The molecule has 0 aromatic rings. The second-order valence-corrected chi connectivity index (χ2v) is 2.33. The molecule has 0 aromatic carbocycles. The third kappa shape index (κ3) is 1.46. The van der Waals surface area contributed by atoms with E-state index in [2.05, 4.69) is 0 Å². The van der Waals surface area contributed by atoms with Crippen molar-refractivity contribution in [3.63, 3.8) is 0 Å². The van der Waals surface area contributed by atoms with Crippen molar-refractivity contribution < 1.29 is 18.9 Å². The second-order valence-electron chi connectivity index (χ2n) is 2.33. The Balaban J connectivity index is 2.63. The van der Waals surface area contributed by atoms with Crippen molar-refractivity contribution in [1.82, 2.24) is 0 Å². The van der Waals surface area contributed by atoms with Crippen LogP contribution in [0.25, 0.3) is 0 Å². The van der Waals surface area contributed by atoms with Crippen molar-refractivity contribution in [2.45, 2.75) is 19.0 Å². The van der Waals surface area contributed by atoms with Gasteiger partial charge in [-0.1, -0.05) is 0 Å². The Labute approximate surface area is 72.1 Å². The summed E-state index contributed by atoms with van der Waals surface area (Å²) in [6.45, 7) is 2.50. The van der Waals surface area contributed by atoms with E-state index in [4.69, 9.17) is 18.9 Å². The van der Waals surface area contributed by atoms with E-state index >= 15 is 0 Å². The van der Waals surface area contributed by atoms with Crippen LogP contribution in [0.3, 0.4) is 0 Å². The van der Waals surface area contributed by atoms with Crippen LogP contribution in [0, 0.1) is 0 Å². The van der Waals surface area contributed by atoms with Crippen molar-refractivity contribution in [2.75, 3.05) is 20.8 Å². The van der Waals surface area contributed by atoms with Gasteiger partial charge in [-0.15, -0.1) is 0 Å². The Morgan fingerprint density at radius 1 is 1.42 bits per heavy atom. The third-order valence-electron chi connectivity index (χ3n) is 1.75. The van der Waals surface area contributed by atoms with Gasteiger partial charge in [0.05, 0.1) is 6.26 Å². The molecule has 1 heterocycles. The van der Waals surface area contributed by atoms with E-state index in [1.807, 2.05) is 6.92 Å². The number of hydrogen-bond donors (Lipinski definition) is 0. The third-order valence-corrected chi connectivity index (χ3v) is 1.75. The lowest BCUT2D eigenvalue weighted by molar-refractivity contribution is -0.364. The maximum Gasteiger partial charge on any atom is 0.357 e. The zero-order valence-corrected chi connectivity index (χ0v) is 7.57. The quantitative estimate of drug-likeness (QED) is 0.593. The molecule has 0 amide bonds. The molecule has 4 heteroatoms. The second kappa shape index (κ2) is 3.89. The molecule has 4 nitrogen and oxygen atoms in total. The summed E-state index contributed by atoms with van der Waals surface area (Å²) in [6, 6.07) is 0. The molecule has 1 rings (SSSR count). The van der Waals surface area contributed by atoms with E-state index in [0.717, 1.165) is 0 Å². The summed E-state index contributed by atoms with van der Waals surface area (Å²) >= 11 is 0. The van der Waals surface area contributed by atoms with Crippen LogP contribution < -0.4 is 0 Å². The number of hydrogen-bond acceptors (Lipinski definition) is 4. The molecule has 0 fully saturated rings. The van der Waals surface area contributed by atoms with Gasteiger partial charge < -0.3 is 18.9 Å². The Kier molecular flexibility index (Phi) is 3.08. The fraction of sp³-hybridized carbons (Fsp3) is 0.750. The molecular formula is C8H14O4. The molecule has 0 spiro atoms. The van der Waals surface area contributed by atoms with E-state index < -0.39 is 5.97 Å². The van der Waals surface area contributed by atoms with Gasteiger partial charge >= 0.3 is 5.97 Å². The molecule has 0 aromatic heterocycles. The zero-order chi connectivity index (χ0) is 9.03. The van der Waals surface area contributed by atoms with Gasteiger partial charge in [0, 0.05) is 20.8 Å². The molecule has 0 saturated heterocycles. The summed E-state index contributed by atoms with van der Waals surface area (Å²) < 4.78 is 20.7. The molecule has 0 radical (unpaired) electrons. The summed E-state index contributed by atoms with van der Waals surface area (Å²) in [5.41, 5.74) is 0. The van der Waals surface area contributed by atoms with Crippen LogP contribution >= 0.6 is 0 Å². The molecule has 0 bridgehead atoms. The van der Waals surface area contributed by atoms with Gasteiger partial charge in [0.1, 0.15) is 0 Å². The molecule has 0 N–H and O–H groups in total. The van der Waals surface area contributed by atoms with E-state index in [9.17, 15) is 0 Å². The van der Waals surface area contributed by atoms with Crippen LogP contribution in [-0.4, -0.2) is 32.9 Å². The molecule has 1 aliphatic rings. The molecule has 0 aliphatic carbocycles. The van der Waals surface area contributed by atoms with Gasteiger partial charge in [-0.25, -0.2) is 0 Å². The summed E-state index contributed by atoms with van der Waals surface area (Å²) in [5.74, 6) is -1.09.